The van der Waals surface area contributed by atoms with Crippen LogP contribution in [0.15, 0.2) is 67.0 Å². The molecule has 4 heteroatoms. The second-order valence-corrected chi connectivity index (χ2v) is 6.60. The highest BCUT2D eigenvalue weighted by Gasteiger charge is 2.12. The molecule has 3 aromatic rings. The summed E-state index contributed by atoms with van der Waals surface area (Å²) in [4.78, 5) is 16.9. The van der Waals surface area contributed by atoms with Gasteiger partial charge in [-0.15, -0.1) is 0 Å². The lowest BCUT2D eigenvalue weighted by Gasteiger charge is -2.14. The number of pyridine rings is 1. The number of anilines is 3. The highest BCUT2D eigenvalue weighted by Crippen LogP contribution is 2.25. The smallest absolute Gasteiger partial charge is 0.257 e. The molecule has 1 aromatic heterocycles. The number of hydrogen-bond donors (Lipinski definition) is 2. The Labute approximate surface area is 154 Å². The molecule has 0 bridgehead atoms. The number of nitrogens with zero attached hydrogens (tertiary/aromatic N) is 1. The van der Waals surface area contributed by atoms with E-state index < -0.39 is 0 Å². The van der Waals surface area contributed by atoms with Crippen molar-refractivity contribution in [3.8, 4) is 0 Å². The SMILES string of the molecule is Cc1ccccc1Nc1cncc(C(=O)Nc2ccccc2C(C)C)c1. The number of amides is 1. The number of nitrogens with one attached hydrogen (secondary N) is 2. The average molecular weight is 345 g/mol. The van der Waals surface area contributed by atoms with Gasteiger partial charge in [0, 0.05) is 17.6 Å². The zero-order valence-electron chi connectivity index (χ0n) is 15.3. The maximum atomic E-state index is 12.7. The first kappa shape index (κ1) is 17.7. The van der Waals surface area contributed by atoms with Gasteiger partial charge in [0.25, 0.3) is 5.91 Å². The second kappa shape index (κ2) is 7.83. The van der Waals surface area contributed by atoms with Crippen LogP contribution in [-0.2, 0) is 0 Å². The molecule has 2 N–H and O–H groups in total. The van der Waals surface area contributed by atoms with Gasteiger partial charge in [0.2, 0.25) is 0 Å². The fourth-order valence-electron chi connectivity index (χ4n) is 2.81. The van der Waals surface area contributed by atoms with E-state index in [9.17, 15) is 4.79 Å². The number of rotatable bonds is 5. The van der Waals surface area contributed by atoms with Gasteiger partial charge >= 0.3 is 0 Å². The molecule has 132 valence electrons. The predicted molar refractivity (Wildman–Crippen MR) is 107 cm³/mol. The van der Waals surface area contributed by atoms with Crippen molar-refractivity contribution >= 4 is 23.0 Å². The van der Waals surface area contributed by atoms with Crippen molar-refractivity contribution in [3.05, 3.63) is 83.7 Å². The van der Waals surface area contributed by atoms with Crippen LogP contribution in [0.2, 0.25) is 0 Å². The quantitative estimate of drug-likeness (QED) is 0.641. The summed E-state index contributed by atoms with van der Waals surface area (Å²) in [6.07, 6.45) is 3.29. The first-order valence-electron chi connectivity index (χ1n) is 8.72. The fraction of sp³-hybridized carbons (Fsp3) is 0.182. The third-order valence-electron chi connectivity index (χ3n) is 4.26. The van der Waals surface area contributed by atoms with Crippen LogP contribution in [0.5, 0.6) is 0 Å². The van der Waals surface area contributed by atoms with E-state index in [-0.39, 0.29) is 5.91 Å². The van der Waals surface area contributed by atoms with Crippen LogP contribution in [0.1, 0.15) is 41.3 Å². The molecule has 0 fully saturated rings. The van der Waals surface area contributed by atoms with Crippen LogP contribution < -0.4 is 10.6 Å². The lowest BCUT2D eigenvalue weighted by Crippen LogP contribution is -2.14. The number of benzene rings is 2. The second-order valence-electron chi connectivity index (χ2n) is 6.60. The summed E-state index contributed by atoms with van der Waals surface area (Å²) in [6.45, 7) is 6.26. The summed E-state index contributed by atoms with van der Waals surface area (Å²) >= 11 is 0. The number of carbonyl (C=O) groups excluding carboxylic acids is 1. The maximum absolute atomic E-state index is 12.7. The summed E-state index contributed by atoms with van der Waals surface area (Å²) in [5.74, 6) is 0.165. The van der Waals surface area contributed by atoms with Crippen LogP contribution >= 0.6 is 0 Å². The van der Waals surface area contributed by atoms with Gasteiger partial charge in [0.1, 0.15) is 0 Å². The van der Waals surface area contributed by atoms with Gasteiger partial charge in [-0.1, -0.05) is 50.2 Å². The Bertz CT molecular complexity index is 919. The first-order valence-corrected chi connectivity index (χ1v) is 8.72. The summed E-state index contributed by atoms with van der Waals surface area (Å²) in [6, 6.07) is 17.7. The molecule has 0 atom stereocenters. The third-order valence-corrected chi connectivity index (χ3v) is 4.26. The molecule has 0 aliphatic heterocycles. The number of aryl methyl sites for hydroxylation is 1. The Hall–Kier alpha value is -3.14. The number of aromatic nitrogens is 1. The van der Waals surface area contributed by atoms with Crippen LogP contribution in [0.25, 0.3) is 0 Å². The molecule has 0 spiro atoms. The molecule has 4 nitrogen and oxygen atoms in total. The van der Waals surface area contributed by atoms with E-state index in [1.165, 1.54) is 0 Å². The van der Waals surface area contributed by atoms with Gasteiger partial charge in [0.05, 0.1) is 17.4 Å². The van der Waals surface area contributed by atoms with Gasteiger partial charge in [-0.3, -0.25) is 9.78 Å². The van der Waals surface area contributed by atoms with Crippen molar-refractivity contribution < 1.29 is 4.79 Å². The van der Waals surface area contributed by atoms with E-state index in [2.05, 4.69) is 29.5 Å². The van der Waals surface area contributed by atoms with E-state index in [0.717, 1.165) is 28.2 Å². The van der Waals surface area contributed by atoms with Gasteiger partial charge in [-0.2, -0.15) is 0 Å². The molecule has 0 saturated heterocycles. The largest absolute Gasteiger partial charge is 0.354 e. The van der Waals surface area contributed by atoms with E-state index in [0.29, 0.717) is 11.5 Å². The molecule has 26 heavy (non-hydrogen) atoms. The van der Waals surface area contributed by atoms with E-state index >= 15 is 0 Å². The molecule has 0 aliphatic carbocycles. The molecule has 3 rings (SSSR count). The average Bonchev–Trinajstić information content (AvgIpc) is 2.64. The number of carbonyl (C=O) groups is 1. The van der Waals surface area contributed by atoms with Crippen LogP contribution in [0.3, 0.4) is 0 Å². The fourth-order valence-corrected chi connectivity index (χ4v) is 2.81. The summed E-state index contributed by atoms with van der Waals surface area (Å²) in [5.41, 5.74) is 5.38. The van der Waals surface area contributed by atoms with Crippen molar-refractivity contribution in [2.45, 2.75) is 26.7 Å². The zero-order chi connectivity index (χ0) is 18.5. The third kappa shape index (κ3) is 4.09. The molecule has 0 unspecified atom stereocenters. The summed E-state index contributed by atoms with van der Waals surface area (Å²) in [5, 5.41) is 6.32. The maximum Gasteiger partial charge on any atom is 0.257 e. The van der Waals surface area contributed by atoms with E-state index in [1.807, 2.05) is 61.5 Å². The standard InChI is InChI=1S/C22H23N3O/c1-15(2)19-9-5-7-11-21(19)25-22(26)17-12-18(14-23-13-17)24-20-10-6-4-8-16(20)3/h4-15,24H,1-3H3,(H,25,26). The lowest BCUT2D eigenvalue weighted by atomic mass is 10.0. The van der Waals surface area contributed by atoms with Crippen molar-refractivity contribution in [1.82, 2.24) is 4.98 Å². The van der Waals surface area contributed by atoms with Gasteiger partial charge in [0.15, 0.2) is 0 Å². The highest BCUT2D eigenvalue weighted by molar-refractivity contribution is 6.05. The minimum absolute atomic E-state index is 0.168. The first-order chi connectivity index (χ1) is 12.5. The molecule has 0 saturated carbocycles. The van der Waals surface area contributed by atoms with Gasteiger partial charge in [-0.25, -0.2) is 0 Å². The van der Waals surface area contributed by atoms with Crippen molar-refractivity contribution in [1.29, 1.82) is 0 Å². The Balaban J connectivity index is 1.80. The van der Waals surface area contributed by atoms with Gasteiger partial charge < -0.3 is 10.6 Å². The molecule has 1 heterocycles. The van der Waals surface area contributed by atoms with Gasteiger partial charge in [-0.05, 0) is 42.2 Å². The normalized spacial score (nSPS) is 10.6. The van der Waals surface area contributed by atoms with Crippen LogP contribution in [0, 0.1) is 6.92 Å². The molecular formula is C22H23N3O. The molecular weight excluding hydrogens is 322 g/mol. The Morgan fingerprint density at radius 2 is 1.65 bits per heavy atom. The molecule has 0 aliphatic rings. The number of hydrogen-bond acceptors (Lipinski definition) is 3. The minimum Gasteiger partial charge on any atom is -0.354 e. The minimum atomic E-state index is -0.168. The van der Waals surface area contributed by atoms with Crippen molar-refractivity contribution in [2.75, 3.05) is 10.6 Å². The molecule has 0 radical (unpaired) electrons. The van der Waals surface area contributed by atoms with E-state index in [4.69, 9.17) is 0 Å². The summed E-state index contributed by atoms with van der Waals surface area (Å²) in [7, 11) is 0. The summed E-state index contributed by atoms with van der Waals surface area (Å²) < 4.78 is 0. The molecule has 2 aromatic carbocycles. The lowest BCUT2D eigenvalue weighted by molar-refractivity contribution is 0.102. The predicted octanol–water partition coefficient (Wildman–Crippen LogP) is 5.51. The van der Waals surface area contributed by atoms with Crippen LogP contribution in [0.4, 0.5) is 17.1 Å². The Kier molecular flexibility index (Phi) is 5.32. The van der Waals surface area contributed by atoms with Crippen molar-refractivity contribution in [3.63, 3.8) is 0 Å². The topological polar surface area (TPSA) is 54.0 Å². The van der Waals surface area contributed by atoms with Crippen LogP contribution in [-0.4, -0.2) is 10.9 Å². The van der Waals surface area contributed by atoms with E-state index in [1.54, 1.807) is 12.4 Å². The Morgan fingerprint density at radius 3 is 2.38 bits per heavy atom. The Morgan fingerprint density at radius 1 is 0.962 bits per heavy atom. The number of para-hydroxylation sites is 2. The van der Waals surface area contributed by atoms with Crippen molar-refractivity contribution in [2.24, 2.45) is 0 Å². The highest BCUT2D eigenvalue weighted by atomic mass is 16.1. The monoisotopic (exact) mass is 345 g/mol. The zero-order valence-corrected chi connectivity index (χ0v) is 15.3. The molecule has 1 amide bonds.